The van der Waals surface area contributed by atoms with Crippen molar-refractivity contribution in [2.75, 3.05) is 6.54 Å². The second kappa shape index (κ2) is 6.36. The first-order chi connectivity index (χ1) is 8.06. The lowest BCUT2D eigenvalue weighted by Gasteiger charge is -2.15. The molecule has 0 aliphatic carbocycles. The van der Waals surface area contributed by atoms with Gasteiger partial charge < -0.3 is 5.32 Å². The number of halogens is 2. The van der Waals surface area contributed by atoms with Crippen molar-refractivity contribution >= 4 is 0 Å². The molecule has 1 atom stereocenters. The Kier molecular flexibility index (Phi) is 5.11. The molecule has 0 bridgehead atoms. The molecule has 0 amide bonds. The molecular weight excluding hydrogens is 220 g/mol. The van der Waals surface area contributed by atoms with Crippen molar-refractivity contribution in [2.45, 2.75) is 33.2 Å². The SMILES string of the molecule is CC#CCCNC(C)c1cc(F)c(C)cc1F. The Balaban J connectivity index is 2.70. The van der Waals surface area contributed by atoms with Crippen LogP contribution in [-0.2, 0) is 0 Å². The van der Waals surface area contributed by atoms with Crippen molar-refractivity contribution in [3.05, 3.63) is 34.9 Å². The summed E-state index contributed by atoms with van der Waals surface area (Å²) in [4.78, 5) is 0. The van der Waals surface area contributed by atoms with Gasteiger partial charge in [0.1, 0.15) is 11.6 Å². The molecule has 92 valence electrons. The summed E-state index contributed by atoms with van der Waals surface area (Å²) in [5.41, 5.74) is 0.688. The van der Waals surface area contributed by atoms with Crippen molar-refractivity contribution in [1.29, 1.82) is 0 Å². The summed E-state index contributed by atoms with van der Waals surface area (Å²) in [5, 5.41) is 3.11. The van der Waals surface area contributed by atoms with Gasteiger partial charge in [0.2, 0.25) is 0 Å². The molecule has 0 aliphatic rings. The van der Waals surface area contributed by atoms with Crippen LogP contribution >= 0.6 is 0 Å². The molecule has 0 aromatic heterocycles. The average Bonchev–Trinajstić information content (AvgIpc) is 2.29. The van der Waals surface area contributed by atoms with Crippen molar-refractivity contribution in [3.63, 3.8) is 0 Å². The molecule has 0 saturated carbocycles. The zero-order valence-corrected chi connectivity index (χ0v) is 10.4. The van der Waals surface area contributed by atoms with Gasteiger partial charge in [0.05, 0.1) is 0 Å². The number of aryl methyl sites for hydroxylation is 1. The Morgan fingerprint density at radius 3 is 2.65 bits per heavy atom. The van der Waals surface area contributed by atoms with Crippen LogP contribution in [0.2, 0.25) is 0 Å². The second-order valence-corrected chi connectivity index (χ2v) is 3.98. The minimum Gasteiger partial charge on any atom is -0.309 e. The van der Waals surface area contributed by atoms with Crippen LogP contribution in [0.15, 0.2) is 12.1 Å². The molecule has 1 nitrogen and oxygen atoms in total. The quantitative estimate of drug-likeness (QED) is 0.625. The van der Waals surface area contributed by atoms with Crippen LogP contribution < -0.4 is 5.32 Å². The molecule has 0 radical (unpaired) electrons. The molecule has 0 saturated heterocycles. The first kappa shape index (κ1) is 13.7. The fourth-order valence-electron chi connectivity index (χ4n) is 1.58. The molecule has 0 heterocycles. The molecule has 1 rings (SSSR count). The summed E-state index contributed by atoms with van der Waals surface area (Å²) in [5.74, 6) is 4.95. The lowest BCUT2D eigenvalue weighted by atomic mass is 10.0. The maximum atomic E-state index is 13.6. The normalized spacial score (nSPS) is 11.8. The smallest absolute Gasteiger partial charge is 0.128 e. The molecule has 0 aliphatic heterocycles. The largest absolute Gasteiger partial charge is 0.309 e. The van der Waals surface area contributed by atoms with Gasteiger partial charge in [-0.15, -0.1) is 11.8 Å². The summed E-state index contributed by atoms with van der Waals surface area (Å²) < 4.78 is 27.0. The van der Waals surface area contributed by atoms with Gasteiger partial charge >= 0.3 is 0 Å². The summed E-state index contributed by atoms with van der Waals surface area (Å²) >= 11 is 0. The van der Waals surface area contributed by atoms with E-state index < -0.39 is 0 Å². The lowest BCUT2D eigenvalue weighted by molar-refractivity contribution is 0.521. The molecule has 0 fully saturated rings. The molecule has 1 N–H and O–H groups in total. The summed E-state index contributed by atoms with van der Waals surface area (Å²) in [6.07, 6.45) is 0.705. The van der Waals surface area contributed by atoms with Crippen LogP contribution in [0.1, 0.15) is 37.4 Å². The van der Waals surface area contributed by atoms with Crippen LogP contribution in [0.4, 0.5) is 8.78 Å². The minimum atomic E-state index is -0.372. The van der Waals surface area contributed by atoms with E-state index in [1.165, 1.54) is 12.1 Å². The van der Waals surface area contributed by atoms with E-state index in [0.29, 0.717) is 24.1 Å². The van der Waals surface area contributed by atoms with Gasteiger partial charge in [0, 0.05) is 24.6 Å². The van der Waals surface area contributed by atoms with Crippen molar-refractivity contribution in [1.82, 2.24) is 5.32 Å². The third kappa shape index (κ3) is 3.83. The van der Waals surface area contributed by atoms with E-state index in [4.69, 9.17) is 0 Å². The zero-order chi connectivity index (χ0) is 12.8. The Hall–Kier alpha value is -1.40. The van der Waals surface area contributed by atoms with E-state index in [2.05, 4.69) is 17.2 Å². The summed E-state index contributed by atoms with van der Waals surface area (Å²) in [6, 6.07) is 2.27. The van der Waals surface area contributed by atoms with Gasteiger partial charge in [-0.05, 0) is 38.5 Å². The Morgan fingerprint density at radius 2 is 2.00 bits per heavy atom. The van der Waals surface area contributed by atoms with Gasteiger partial charge in [0.25, 0.3) is 0 Å². The van der Waals surface area contributed by atoms with E-state index in [-0.39, 0.29) is 17.7 Å². The zero-order valence-electron chi connectivity index (χ0n) is 10.4. The first-order valence-corrected chi connectivity index (χ1v) is 5.64. The third-order valence-electron chi connectivity index (χ3n) is 2.62. The Labute approximate surface area is 101 Å². The highest BCUT2D eigenvalue weighted by Crippen LogP contribution is 2.20. The second-order valence-electron chi connectivity index (χ2n) is 3.98. The number of nitrogens with one attached hydrogen (secondary N) is 1. The van der Waals surface area contributed by atoms with Gasteiger partial charge in [-0.2, -0.15) is 0 Å². The Bertz CT molecular complexity index is 444. The van der Waals surface area contributed by atoms with Crippen molar-refractivity contribution in [3.8, 4) is 11.8 Å². The highest BCUT2D eigenvalue weighted by atomic mass is 19.1. The first-order valence-electron chi connectivity index (χ1n) is 5.64. The highest BCUT2D eigenvalue weighted by molar-refractivity contribution is 5.27. The van der Waals surface area contributed by atoms with Gasteiger partial charge in [0.15, 0.2) is 0 Å². The molecule has 1 aromatic carbocycles. The van der Waals surface area contributed by atoms with E-state index in [0.717, 1.165) is 0 Å². The third-order valence-corrected chi connectivity index (χ3v) is 2.62. The summed E-state index contributed by atoms with van der Waals surface area (Å²) in [6.45, 7) is 5.80. The van der Waals surface area contributed by atoms with Gasteiger partial charge in [-0.1, -0.05) is 0 Å². The number of hydrogen-bond acceptors (Lipinski definition) is 1. The molecule has 1 aromatic rings. The average molecular weight is 237 g/mol. The molecular formula is C14H17F2N. The fraction of sp³-hybridized carbons (Fsp3) is 0.429. The number of rotatable bonds is 4. The van der Waals surface area contributed by atoms with Crippen LogP contribution in [0.25, 0.3) is 0 Å². The van der Waals surface area contributed by atoms with Gasteiger partial charge in [-0.25, -0.2) is 8.78 Å². The molecule has 1 unspecified atom stereocenters. The number of hydrogen-bond donors (Lipinski definition) is 1. The van der Waals surface area contributed by atoms with Crippen LogP contribution in [0, 0.1) is 30.4 Å². The van der Waals surface area contributed by atoms with E-state index in [1.54, 1.807) is 13.8 Å². The molecule has 0 spiro atoms. The maximum absolute atomic E-state index is 13.6. The van der Waals surface area contributed by atoms with Crippen LogP contribution in [0.3, 0.4) is 0 Å². The van der Waals surface area contributed by atoms with Crippen molar-refractivity contribution < 1.29 is 8.78 Å². The van der Waals surface area contributed by atoms with Crippen molar-refractivity contribution in [2.24, 2.45) is 0 Å². The molecule has 3 heteroatoms. The lowest BCUT2D eigenvalue weighted by Crippen LogP contribution is -2.20. The highest BCUT2D eigenvalue weighted by Gasteiger charge is 2.12. The predicted molar refractivity (Wildman–Crippen MR) is 65.6 cm³/mol. The predicted octanol–water partition coefficient (Wildman–Crippen LogP) is 3.34. The number of benzene rings is 1. The van der Waals surface area contributed by atoms with E-state index >= 15 is 0 Å². The topological polar surface area (TPSA) is 12.0 Å². The standard InChI is InChI=1S/C14H17F2N/c1-4-5-6-7-17-11(3)12-9-13(15)10(2)8-14(12)16/h8-9,11,17H,6-7H2,1-3H3. The Morgan fingerprint density at radius 1 is 1.29 bits per heavy atom. The fourth-order valence-corrected chi connectivity index (χ4v) is 1.58. The minimum absolute atomic E-state index is 0.219. The van der Waals surface area contributed by atoms with E-state index in [9.17, 15) is 8.78 Å². The monoisotopic (exact) mass is 237 g/mol. The van der Waals surface area contributed by atoms with Gasteiger partial charge in [-0.3, -0.25) is 0 Å². The van der Waals surface area contributed by atoms with Crippen LogP contribution in [-0.4, -0.2) is 6.54 Å². The van der Waals surface area contributed by atoms with Crippen LogP contribution in [0.5, 0.6) is 0 Å². The van der Waals surface area contributed by atoms with E-state index in [1.807, 2.05) is 6.92 Å². The summed E-state index contributed by atoms with van der Waals surface area (Å²) in [7, 11) is 0. The molecule has 17 heavy (non-hydrogen) atoms. The maximum Gasteiger partial charge on any atom is 0.128 e.